The van der Waals surface area contributed by atoms with E-state index in [0.29, 0.717) is 12.4 Å². The molecule has 0 spiro atoms. The zero-order valence-corrected chi connectivity index (χ0v) is 7.16. The Morgan fingerprint density at radius 2 is 2.58 bits per heavy atom. The zero-order valence-electron chi connectivity index (χ0n) is 7.16. The van der Waals surface area contributed by atoms with Crippen molar-refractivity contribution >= 4 is 0 Å². The summed E-state index contributed by atoms with van der Waals surface area (Å²) in [5.41, 5.74) is 5.69. The summed E-state index contributed by atoms with van der Waals surface area (Å²) in [5.74, 6) is 0.665. The van der Waals surface area contributed by atoms with Gasteiger partial charge in [-0.25, -0.2) is 0 Å². The summed E-state index contributed by atoms with van der Waals surface area (Å²) in [6, 6.07) is 0.205. The highest BCUT2D eigenvalue weighted by molar-refractivity contribution is 4.76. The second kappa shape index (κ2) is 4.84. The van der Waals surface area contributed by atoms with Crippen molar-refractivity contribution in [2.45, 2.75) is 25.9 Å². The van der Waals surface area contributed by atoms with Gasteiger partial charge in [0.05, 0.1) is 6.54 Å². The van der Waals surface area contributed by atoms with E-state index in [1.807, 2.05) is 0 Å². The van der Waals surface area contributed by atoms with Gasteiger partial charge in [-0.3, -0.25) is 0 Å². The van der Waals surface area contributed by atoms with Crippen LogP contribution in [0.2, 0.25) is 0 Å². The maximum absolute atomic E-state index is 5.69. The SMILES string of the molecule is CCC(N)CNCc1ncon1. The zero-order chi connectivity index (χ0) is 8.81. The van der Waals surface area contributed by atoms with Crippen molar-refractivity contribution in [1.82, 2.24) is 15.5 Å². The van der Waals surface area contributed by atoms with Gasteiger partial charge in [-0.15, -0.1) is 0 Å². The highest BCUT2D eigenvalue weighted by atomic mass is 16.5. The van der Waals surface area contributed by atoms with Crippen molar-refractivity contribution in [3.63, 3.8) is 0 Å². The molecule has 0 amide bonds. The smallest absolute Gasteiger partial charge is 0.213 e. The van der Waals surface area contributed by atoms with E-state index in [0.717, 1.165) is 13.0 Å². The van der Waals surface area contributed by atoms with E-state index in [-0.39, 0.29) is 6.04 Å². The van der Waals surface area contributed by atoms with Gasteiger partial charge in [-0.2, -0.15) is 4.98 Å². The number of hydrogen-bond donors (Lipinski definition) is 2. The topological polar surface area (TPSA) is 77.0 Å². The normalized spacial score (nSPS) is 13.2. The van der Waals surface area contributed by atoms with Crippen LogP contribution in [-0.4, -0.2) is 22.7 Å². The molecule has 1 unspecified atom stereocenters. The lowest BCUT2D eigenvalue weighted by molar-refractivity contribution is 0.406. The fourth-order valence-electron chi connectivity index (χ4n) is 0.784. The summed E-state index contributed by atoms with van der Waals surface area (Å²) in [6.07, 6.45) is 2.29. The van der Waals surface area contributed by atoms with E-state index < -0.39 is 0 Å². The summed E-state index contributed by atoms with van der Waals surface area (Å²) in [4.78, 5) is 3.86. The van der Waals surface area contributed by atoms with Gasteiger partial charge in [0, 0.05) is 12.6 Å². The second-order valence-corrected chi connectivity index (χ2v) is 2.65. The van der Waals surface area contributed by atoms with E-state index in [2.05, 4.69) is 26.9 Å². The molecule has 0 aliphatic rings. The molecule has 0 saturated carbocycles. The van der Waals surface area contributed by atoms with Crippen molar-refractivity contribution in [2.24, 2.45) is 5.73 Å². The first kappa shape index (κ1) is 9.15. The number of nitrogens with zero attached hydrogens (tertiary/aromatic N) is 2. The van der Waals surface area contributed by atoms with Gasteiger partial charge in [0.15, 0.2) is 5.82 Å². The van der Waals surface area contributed by atoms with E-state index in [9.17, 15) is 0 Å². The number of nitrogens with one attached hydrogen (secondary N) is 1. The fourth-order valence-corrected chi connectivity index (χ4v) is 0.784. The minimum atomic E-state index is 0.205. The van der Waals surface area contributed by atoms with E-state index in [1.165, 1.54) is 6.39 Å². The molecule has 0 aliphatic heterocycles. The average molecular weight is 170 g/mol. The van der Waals surface area contributed by atoms with Crippen LogP contribution >= 0.6 is 0 Å². The molecule has 0 fully saturated rings. The maximum Gasteiger partial charge on any atom is 0.213 e. The second-order valence-electron chi connectivity index (χ2n) is 2.65. The minimum Gasteiger partial charge on any atom is -0.343 e. The molecular formula is C7H14N4O. The van der Waals surface area contributed by atoms with Gasteiger partial charge in [0.2, 0.25) is 6.39 Å². The molecule has 5 nitrogen and oxygen atoms in total. The molecule has 5 heteroatoms. The summed E-state index contributed by atoms with van der Waals surface area (Å²) in [7, 11) is 0. The van der Waals surface area contributed by atoms with Crippen LogP contribution in [0.15, 0.2) is 10.9 Å². The number of hydrogen-bond acceptors (Lipinski definition) is 5. The largest absolute Gasteiger partial charge is 0.343 e. The quantitative estimate of drug-likeness (QED) is 0.645. The Kier molecular flexibility index (Phi) is 3.69. The van der Waals surface area contributed by atoms with Crippen molar-refractivity contribution in [2.75, 3.05) is 6.54 Å². The van der Waals surface area contributed by atoms with Gasteiger partial charge in [-0.1, -0.05) is 12.1 Å². The van der Waals surface area contributed by atoms with Crippen LogP contribution < -0.4 is 11.1 Å². The third-order valence-corrected chi connectivity index (χ3v) is 1.62. The summed E-state index contributed by atoms with van der Waals surface area (Å²) in [5, 5.41) is 6.78. The monoisotopic (exact) mass is 170 g/mol. The first-order valence-corrected chi connectivity index (χ1v) is 4.04. The van der Waals surface area contributed by atoms with E-state index in [1.54, 1.807) is 0 Å². The first-order valence-electron chi connectivity index (χ1n) is 4.04. The molecule has 0 aliphatic carbocycles. The molecule has 0 aromatic carbocycles. The predicted octanol–water partition coefficient (Wildman–Crippen LogP) is -0.104. The molecule has 3 N–H and O–H groups in total. The number of rotatable bonds is 5. The lowest BCUT2D eigenvalue weighted by Crippen LogP contribution is -2.32. The lowest BCUT2D eigenvalue weighted by Gasteiger charge is -2.07. The molecule has 1 rings (SSSR count). The predicted molar refractivity (Wildman–Crippen MR) is 44.3 cm³/mol. The molecule has 1 aromatic heterocycles. The Hall–Kier alpha value is -0.940. The van der Waals surface area contributed by atoms with Gasteiger partial charge in [0.1, 0.15) is 0 Å². The molecule has 1 heterocycles. The van der Waals surface area contributed by atoms with Gasteiger partial charge in [-0.05, 0) is 6.42 Å². The van der Waals surface area contributed by atoms with Crippen LogP contribution in [0, 0.1) is 0 Å². The molecule has 0 bridgehead atoms. The standard InChI is InChI=1S/C7H14N4O/c1-2-6(8)3-9-4-7-10-5-12-11-7/h5-6,9H,2-4,8H2,1H3. The van der Waals surface area contributed by atoms with Gasteiger partial charge in [0.25, 0.3) is 0 Å². The van der Waals surface area contributed by atoms with Crippen molar-refractivity contribution in [1.29, 1.82) is 0 Å². The van der Waals surface area contributed by atoms with Crippen LogP contribution in [-0.2, 0) is 6.54 Å². The molecule has 1 atom stereocenters. The van der Waals surface area contributed by atoms with Crippen LogP contribution in [0.3, 0.4) is 0 Å². The maximum atomic E-state index is 5.69. The van der Waals surface area contributed by atoms with E-state index >= 15 is 0 Å². The summed E-state index contributed by atoms with van der Waals surface area (Å²) in [6.45, 7) is 3.45. The van der Waals surface area contributed by atoms with Gasteiger partial charge >= 0.3 is 0 Å². The highest BCUT2D eigenvalue weighted by Gasteiger charge is 2.00. The Labute approximate surface area is 71.3 Å². The highest BCUT2D eigenvalue weighted by Crippen LogP contribution is 1.88. The van der Waals surface area contributed by atoms with E-state index in [4.69, 9.17) is 5.73 Å². The van der Waals surface area contributed by atoms with Gasteiger partial charge < -0.3 is 15.6 Å². The van der Waals surface area contributed by atoms with Crippen LogP contribution in [0.25, 0.3) is 0 Å². The third-order valence-electron chi connectivity index (χ3n) is 1.62. The molecule has 12 heavy (non-hydrogen) atoms. The first-order chi connectivity index (χ1) is 5.83. The number of aromatic nitrogens is 2. The van der Waals surface area contributed by atoms with Crippen LogP contribution in [0.4, 0.5) is 0 Å². The summed E-state index contributed by atoms with van der Waals surface area (Å²) >= 11 is 0. The number of nitrogens with two attached hydrogens (primary N) is 1. The molecule has 0 saturated heterocycles. The molecular weight excluding hydrogens is 156 g/mol. The van der Waals surface area contributed by atoms with Crippen molar-refractivity contribution in [3.8, 4) is 0 Å². The Morgan fingerprint density at radius 1 is 1.75 bits per heavy atom. The Bertz CT molecular complexity index is 199. The Morgan fingerprint density at radius 3 is 3.17 bits per heavy atom. The molecule has 68 valence electrons. The average Bonchev–Trinajstić information content (AvgIpc) is 2.57. The van der Waals surface area contributed by atoms with Crippen molar-refractivity contribution < 1.29 is 4.52 Å². The minimum absolute atomic E-state index is 0.205. The van der Waals surface area contributed by atoms with Crippen LogP contribution in [0.1, 0.15) is 19.2 Å². The molecule has 1 aromatic rings. The Balaban J connectivity index is 2.11. The van der Waals surface area contributed by atoms with Crippen LogP contribution in [0.5, 0.6) is 0 Å². The molecule has 0 radical (unpaired) electrons. The lowest BCUT2D eigenvalue weighted by atomic mass is 10.2. The third kappa shape index (κ3) is 2.98. The summed E-state index contributed by atoms with van der Waals surface area (Å²) < 4.78 is 4.57. The fraction of sp³-hybridized carbons (Fsp3) is 0.714. The van der Waals surface area contributed by atoms with Crippen molar-refractivity contribution in [3.05, 3.63) is 12.2 Å².